The van der Waals surface area contributed by atoms with Crippen LogP contribution in [0.3, 0.4) is 0 Å². The number of aromatic nitrogens is 1. The molecule has 0 saturated heterocycles. The molecule has 0 fully saturated rings. The maximum atomic E-state index is 3.85. The van der Waals surface area contributed by atoms with Crippen molar-refractivity contribution < 1.29 is 21.7 Å². The van der Waals surface area contributed by atoms with Crippen LogP contribution in [0.25, 0.3) is 5.57 Å². The summed E-state index contributed by atoms with van der Waals surface area (Å²) in [5.41, 5.74) is 2.90. The van der Waals surface area contributed by atoms with Crippen LogP contribution in [0, 0.1) is 0 Å². The molecule has 20 heavy (non-hydrogen) atoms. The van der Waals surface area contributed by atoms with Crippen molar-refractivity contribution in [2.45, 2.75) is 45.8 Å². The van der Waals surface area contributed by atoms with E-state index in [1.807, 2.05) is 0 Å². The van der Waals surface area contributed by atoms with Gasteiger partial charge in [-0.3, -0.25) is 0 Å². The molecule has 0 aromatic carbocycles. The van der Waals surface area contributed by atoms with E-state index in [0.29, 0.717) is 0 Å². The first kappa shape index (κ1) is 17.7. The van der Waals surface area contributed by atoms with Gasteiger partial charge < -0.3 is 9.55 Å². The average molecular weight is 322 g/mol. The van der Waals surface area contributed by atoms with E-state index in [-0.39, 0.29) is 27.3 Å². The zero-order valence-electron chi connectivity index (χ0n) is 13.5. The van der Waals surface area contributed by atoms with E-state index in [0.717, 1.165) is 6.42 Å². The predicted octanol–water partition coefficient (Wildman–Crippen LogP) is 3.87. The first-order valence-corrected chi connectivity index (χ1v) is 10.0. The SMILES string of the molecule is Cn1ccc(C2=CCC([Si](C)(C)NC(C)(C)C)=C2)c1.[Ti+2]. The number of allylic oxidation sites excluding steroid dienone is 4. The number of hydrogen-bond donors (Lipinski definition) is 1. The van der Waals surface area contributed by atoms with Gasteiger partial charge in [-0.25, -0.2) is 0 Å². The maximum Gasteiger partial charge on any atom is 2.00 e. The van der Waals surface area contributed by atoms with Crippen LogP contribution in [0.2, 0.25) is 13.1 Å². The van der Waals surface area contributed by atoms with E-state index in [2.05, 4.69) is 81.1 Å². The van der Waals surface area contributed by atoms with Gasteiger partial charge in [-0.2, -0.15) is 0 Å². The van der Waals surface area contributed by atoms with Gasteiger partial charge in [0.2, 0.25) is 0 Å². The summed E-state index contributed by atoms with van der Waals surface area (Å²) in [7, 11) is 0.552. The van der Waals surface area contributed by atoms with Crippen LogP contribution in [0.5, 0.6) is 0 Å². The van der Waals surface area contributed by atoms with Gasteiger partial charge in [-0.05, 0) is 44.4 Å². The molecule has 0 amide bonds. The first-order chi connectivity index (χ1) is 8.67. The molecule has 1 aromatic rings. The van der Waals surface area contributed by atoms with Gasteiger partial charge in [0.25, 0.3) is 0 Å². The van der Waals surface area contributed by atoms with Crippen LogP contribution in [-0.2, 0) is 28.8 Å². The second kappa shape index (κ2) is 6.19. The quantitative estimate of drug-likeness (QED) is 0.836. The fourth-order valence-corrected chi connectivity index (χ4v) is 6.02. The third kappa shape index (κ3) is 4.32. The van der Waals surface area contributed by atoms with Crippen molar-refractivity contribution in [3.8, 4) is 0 Å². The number of rotatable bonds is 3. The third-order valence-electron chi connectivity index (χ3n) is 3.53. The van der Waals surface area contributed by atoms with Crippen LogP contribution < -0.4 is 4.98 Å². The van der Waals surface area contributed by atoms with Crippen molar-refractivity contribution in [1.82, 2.24) is 9.55 Å². The number of hydrogen-bond acceptors (Lipinski definition) is 1. The third-order valence-corrected chi connectivity index (χ3v) is 6.86. The van der Waals surface area contributed by atoms with Crippen LogP contribution in [0.1, 0.15) is 32.8 Å². The van der Waals surface area contributed by atoms with Gasteiger partial charge in [0.1, 0.15) is 8.24 Å². The Bertz CT molecular complexity index is 533. The molecule has 1 aromatic heterocycles. The van der Waals surface area contributed by atoms with Gasteiger partial charge in [-0.15, -0.1) is 0 Å². The Morgan fingerprint density at radius 2 is 1.90 bits per heavy atom. The van der Waals surface area contributed by atoms with E-state index < -0.39 is 8.24 Å². The van der Waals surface area contributed by atoms with Gasteiger partial charge in [0.15, 0.2) is 0 Å². The molecular formula is C16H26N2SiTi+2. The molecule has 0 aliphatic heterocycles. The molecule has 1 N–H and O–H groups in total. The minimum absolute atomic E-state index is 0. The number of nitrogens with one attached hydrogen (secondary N) is 1. The van der Waals surface area contributed by atoms with Crippen molar-refractivity contribution in [3.63, 3.8) is 0 Å². The summed E-state index contributed by atoms with van der Waals surface area (Å²) in [6.45, 7) is 11.6. The van der Waals surface area contributed by atoms with Crippen LogP contribution in [0.15, 0.2) is 35.8 Å². The predicted molar refractivity (Wildman–Crippen MR) is 86.5 cm³/mol. The zero-order chi connectivity index (χ0) is 14.3. The van der Waals surface area contributed by atoms with Crippen molar-refractivity contribution >= 4 is 13.8 Å². The van der Waals surface area contributed by atoms with Gasteiger partial charge >= 0.3 is 21.7 Å². The summed E-state index contributed by atoms with van der Waals surface area (Å²) in [5, 5.41) is 1.60. The van der Waals surface area contributed by atoms with Gasteiger partial charge in [-0.1, -0.05) is 30.4 Å². The summed E-state index contributed by atoms with van der Waals surface area (Å²) in [6, 6.07) is 2.19. The van der Waals surface area contributed by atoms with Gasteiger partial charge in [0.05, 0.1) is 0 Å². The van der Waals surface area contributed by atoms with E-state index in [1.165, 1.54) is 11.1 Å². The fraction of sp³-hybridized carbons (Fsp3) is 0.500. The Morgan fingerprint density at radius 3 is 2.40 bits per heavy atom. The Hall–Kier alpha value is -0.349. The number of aryl methyl sites for hydroxylation is 1. The molecule has 0 bridgehead atoms. The van der Waals surface area contributed by atoms with Crippen molar-refractivity contribution in [2.24, 2.45) is 7.05 Å². The van der Waals surface area contributed by atoms with E-state index in [4.69, 9.17) is 0 Å². The molecule has 1 heterocycles. The van der Waals surface area contributed by atoms with Crippen LogP contribution >= 0.6 is 0 Å². The summed E-state index contributed by atoms with van der Waals surface area (Å²) in [4.78, 5) is 3.85. The summed E-state index contributed by atoms with van der Waals surface area (Å²) >= 11 is 0. The standard InChI is InChI=1S/C16H26N2Si.Ti/c1-16(2,3)17-19(5,6)15-8-7-13(11-15)14-9-10-18(4)12-14;/h7,9-12,17H,8H2,1-6H3;/q;+2. The van der Waals surface area contributed by atoms with E-state index in [9.17, 15) is 0 Å². The average Bonchev–Trinajstić information content (AvgIpc) is 2.81. The summed E-state index contributed by atoms with van der Waals surface area (Å²) < 4.78 is 2.11. The van der Waals surface area contributed by atoms with Crippen molar-refractivity contribution in [3.05, 3.63) is 41.4 Å². The monoisotopic (exact) mass is 322 g/mol. The molecule has 106 valence electrons. The number of nitrogens with zero attached hydrogens (tertiary/aromatic N) is 1. The Kier molecular flexibility index (Phi) is 5.47. The molecule has 0 saturated carbocycles. The molecule has 4 heteroatoms. The van der Waals surface area contributed by atoms with Crippen molar-refractivity contribution in [1.29, 1.82) is 0 Å². The molecule has 1 aliphatic carbocycles. The minimum atomic E-state index is -1.52. The molecule has 0 atom stereocenters. The second-order valence-corrected chi connectivity index (χ2v) is 11.2. The van der Waals surface area contributed by atoms with Crippen molar-refractivity contribution in [2.75, 3.05) is 0 Å². The van der Waals surface area contributed by atoms with Crippen LogP contribution in [0.4, 0.5) is 0 Å². The van der Waals surface area contributed by atoms with Gasteiger partial charge in [0, 0.05) is 25.0 Å². The van der Waals surface area contributed by atoms with E-state index >= 15 is 0 Å². The topological polar surface area (TPSA) is 17.0 Å². The Morgan fingerprint density at radius 1 is 1.25 bits per heavy atom. The summed E-state index contributed by atoms with van der Waals surface area (Å²) in [5.74, 6) is 0. The summed E-state index contributed by atoms with van der Waals surface area (Å²) in [6.07, 6.45) is 10.2. The largest absolute Gasteiger partial charge is 2.00 e. The molecule has 0 radical (unpaired) electrons. The smallest absolute Gasteiger partial charge is 0.357 e. The molecule has 0 unspecified atom stereocenters. The maximum absolute atomic E-state index is 3.85. The zero-order valence-corrected chi connectivity index (χ0v) is 16.1. The molecule has 2 nitrogen and oxygen atoms in total. The fourth-order valence-electron chi connectivity index (χ4n) is 2.85. The Labute approximate surface area is 139 Å². The second-order valence-electron chi connectivity index (χ2n) is 7.10. The first-order valence-electron chi connectivity index (χ1n) is 7.00. The molecule has 1 aliphatic rings. The minimum Gasteiger partial charge on any atom is -0.357 e. The van der Waals surface area contributed by atoms with E-state index in [1.54, 1.807) is 5.20 Å². The molecular weight excluding hydrogens is 296 g/mol. The van der Waals surface area contributed by atoms with Crippen LogP contribution in [-0.4, -0.2) is 18.3 Å². The molecule has 0 spiro atoms. The normalized spacial score (nSPS) is 15.7. The Balaban J connectivity index is 0.00000200. The molecule has 2 rings (SSSR count).